The van der Waals surface area contributed by atoms with E-state index < -0.39 is 21.8 Å². The molecule has 3 N–H and O–H groups in total. The minimum atomic E-state index is -3.61. The second kappa shape index (κ2) is 12.2. The van der Waals surface area contributed by atoms with Gasteiger partial charge < -0.3 is 11.1 Å². The van der Waals surface area contributed by atoms with E-state index in [0.717, 1.165) is 23.5 Å². The number of nitrogens with one attached hydrogen (secondary N) is 1. The first-order valence-corrected chi connectivity index (χ1v) is 14.1. The van der Waals surface area contributed by atoms with Crippen molar-refractivity contribution in [1.29, 1.82) is 0 Å². The maximum atomic E-state index is 13.0. The van der Waals surface area contributed by atoms with Crippen molar-refractivity contribution in [2.45, 2.75) is 38.3 Å². The summed E-state index contributed by atoms with van der Waals surface area (Å²) in [5.41, 5.74) is 8.48. The predicted molar refractivity (Wildman–Crippen MR) is 149 cm³/mol. The van der Waals surface area contributed by atoms with Gasteiger partial charge in [-0.25, -0.2) is 8.42 Å². The number of nitrogens with zero attached hydrogens (tertiary/aromatic N) is 2. The molecule has 0 bridgehead atoms. The zero-order valence-corrected chi connectivity index (χ0v) is 23.2. The van der Waals surface area contributed by atoms with Crippen LogP contribution in [-0.2, 0) is 29.5 Å². The van der Waals surface area contributed by atoms with Gasteiger partial charge in [-0.2, -0.15) is 4.31 Å². The predicted octanol–water partition coefficient (Wildman–Crippen LogP) is 4.11. The number of hydrogen-bond acceptors (Lipinski definition) is 6. The van der Waals surface area contributed by atoms with Gasteiger partial charge in [0.25, 0.3) is 11.8 Å². The maximum absolute atomic E-state index is 13.0. The normalized spacial score (nSPS) is 13.6. The molecule has 3 aromatic rings. The monoisotopic (exact) mass is 562 g/mol. The van der Waals surface area contributed by atoms with Crippen LogP contribution in [0.4, 0.5) is 5.00 Å². The average Bonchev–Trinajstić information content (AvgIpc) is 3.22. The number of anilines is 1. The van der Waals surface area contributed by atoms with E-state index in [0.29, 0.717) is 42.2 Å². The van der Waals surface area contributed by atoms with E-state index in [1.54, 1.807) is 13.8 Å². The van der Waals surface area contributed by atoms with Crippen LogP contribution in [0.5, 0.6) is 0 Å². The fraction of sp³-hybridized carbons (Fsp3) is 0.308. The summed E-state index contributed by atoms with van der Waals surface area (Å²) in [6, 6.07) is 16.0. The van der Waals surface area contributed by atoms with E-state index in [1.165, 1.54) is 45.5 Å². The van der Waals surface area contributed by atoms with Crippen LogP contribution in [0.1, 0.15) is 50.6 Å². The van der Waals surface area contributed by atoms with Crippen molar-refractivity contribution < 1.29 is 18.0 Å². The molecule has 0 atom stereocenters. The summed E-state index contributed by atoms with van der Waals surface area (Å²) < 4.78 is 26.8. The van der Waals surface area contributed by atoms with Gasteiger partial charge in [0, 0.05) is 43.2 Å². The highest BCUT2D eigenvalue weighted by atomic mass is 35.5. The molecule has 1 aliphatic rings. The van der Waals surface area contributed by atoms with Gasteiger partial charge >= 0.3 is 0 Å². The first kappa shape index (κ1) is 28.8. The number of carbonyl (C=O) groups excluding carboxylic acids is 2. The van der Waals surface area contributed by atoms with Crippen LogP contribution in [0.2, 0.25) is 0 Å². The van der Waals surface area contributed by atoms with E-state index >= 15 is 0 Å². The Morgan fingerprint density at radius 2 is 1.70 bits per heavy atom. The molecule has 11 heteroatoms. The zero-order valence-electron chi connectivity index (χ0n) is 20.8. The summed E-state index contributed by atoms with van der Waals surface area (Å²) in [6.45, 7) is 6.54. The first-order valence-electron chi connectivity index (χ1n) is 11.9. The van der Waals surface area contributed by atoms with Crippen LogP contribution in [0.15, 0.2) is 59.5 Å². The molecule has 0 radical (unpaired) electrons. The Kier molecular flexibility index (Phi) is 9.49. The number of primary amides is 1. The Balaban J connectivity index is 0.00000380. The quantitative estimate of drug-likeness (QED) is 0.407. The summed E-state index contributed by atoms with van der Waals surface area (Å²) in [7, 11) is -3.61. The third kappa shape index (κ3) is 6.22. The summed E-state index contributed by atoms with van der Waals surface area (Å²) in [6.07, 6.45) is 0.671. The van der Waals surface area contributed by atoms with E-state index in [9.17, 15) is 18.0 Å². The Morgan fingerprint density at radius 3 is 2.30 bits per heavy atom. The number of nitrogens with two attached hydrogens (primary N) is 1. The number of halogens is 1. The fourth-order valence-electron chi connectivity index (χ4n) is 4.45. The SMILES string of the molecule is CCN(CC)S(=O)(=O)c1ccc(C(=O)Nc2sc3c(c2C(N)=O)CCN(Cc2ccccc2)C3)cc1.Cl. The molecule has 1 aromatic heterocycles. The standard InChI is InChI=1S/C26H30N4O4S2.ClH/c1-3-30(4-2)36(33,34)20-12-10-19(11-13-20)25(32)28-26-23(24(27)31)21-14-15-29(17-22(21)35-26)16-18-8-6-5-7-9-18;/h5-13H,3-4,14-17H2,1-2H3,(H2,27,31)(H,28,32);1H. The van der Waals surface area contributed by atoms with Crippen LogP contribution in [0, 0.1) is 0 Å². The molecule has 2 aromatic carbocycles. The molecule has 0 spiro atoms. The van der Waals surface area contributed by atoms with Crippen molar-refractivity contribution in [3.8, 4) is 0 Å². The molecule has 37 heavy (non-hydrogen) atoms. The number of amides is 2. The molecule has 1 aliphatic heterocycles. The molecular formula is C26H31ClN4O4S2. The van der Waals surface area contributed by atoms with Crippen molar-refractivity contribution in [2.24, 2.45) is 5.73 Å². The molecule has 198 valence electrons. The summed E-state index contributed by atoms with van der Waals surface area (Å²) in [5, 5.41) is 3.26. The molecule has 8 nitrogen and oxygen atoms in total. The Labute approximate surface area is 227 Å². The topological polar surface area (TPSA) is 113 Å². The molecule has 0 aliphatic carbocycles. The number of fused-ring (bicyclic) bond motifs is 1. The third-order valence-corrected chi connectivity index (χ3v) is 9.51. The number of thiophene rings is 1. The highest BCUT2D eigenvalue weighted by Gasteiger charge is 2.28. The van der Waals surface area contributed by atoms with Crippen molar-refractivity contribution in [2.75, 3.05) is 25.0 Å². The molecular weight excluding hydrogens is 532 g/mol. The summed E-state index contributed by atoms with van der Waals surface area (Å²) >= 11 is 1.37. The lowest BCUT2D eigenvalue weighted by molar-refractivity contribution is 0.0999. The van der Waals surface area contributed by atoms with Crippen molar-refractivity contribution in [3.63, 3.8) is 0 Å². The number of hydrogen-bond donors (Lipinski definition) is 2. The number of benzene rings is 2. The van der Waals surface area contributed by atoms with E-state index in [1.807, 2.05) is 18.2 Å². The zero-order chi connectivity index (χ0) is 25.9. The Morgan fingerprint density at radius 1 is 1.05 bits per heavy atom. The maximum Gasteiger partial charge on any atom is 0.256 e. The van der Waals surface area contributed by atoms with Crippen molar-refractivity contribution in [1.82, 2.24) is 9.21 Å². The van der Waals surface area contributed by atoms with Crippen LogP contribution >= 0.6 is 23.7 Å². The van der Waals surface area contributed by atoms with E-state index in [4.69, 9.17) is 5.73 Å². The lowest BCUT2D eigenvalue weighted by Gasteiger charge is -2.27. The van der Waals surface area contributed by atoms with Gasteiger partial charge in [0.2, 0.25) is 10.0 Å². The van der Waals surface area contributed by atoms with E-state index in [2.05, 4.69) is 22.3 Å². The van der Waals surface area contributed by atoms with Crippen LogP contribution in [0.25, 0.3) is 0 Å². The second-order valence-electron chi connectivity index (χ2n) is 8.59. The van der Waals surface area contributed by atoms with Gasteiger partial charge in [0.15, 0.2) is 0 Å². The van der Waals surface area contributed by atoms with Crippen LogP contribution in [0.3, 0.4) is 0 Å². The van der Waals surface area contributed by atoms with Gasteiger partial charge in [-0.05, 0) is 41.8 Å². The van der Waals surface area contributed by atoms with Gasteiger partial charge in [0.1, 0.15) is 5.00 Å². The van der Waals surface area contributed by atoms with Crippen LogP contribution in [-0.4, -0.2) is 49.1 Å². The van der Waals surface area contributed by atoms with Crippen molar-refractivity contribution in [3.05, 3.63) is 81.7 Å². The van der Waals surface area contributed by atoms with E-state index in [-0.39, 0.29) is 17.3 Å². The highest BCUT2D eigenvalue weighted by Crippen LogP contribution is 2.37. The number of carbonyl (C=O) groups is 2. The van der Waals surface area contributed by atoms with Crippen LogP contribution < -0.4 is 11.1 Å². The summed E-state index contributed by atoms with van der Waals surface area (Å²) in [4.78, 5) is 28.8. The largest absolute Gasteiger partial charge is 0.365 e. The lowest BCUT2D eigenvalue weighted by Crippen LogP contribution is -2.30. The second-order valence-corrected chi connectivity index (χ2v) is 11.6. The lowest BCUT2D eigenvalue weighted by atomic mass is 10.0. The molecule has 4 rings (SSSR count). The minimum Gasteiger partial charge on any atom is -0.365 e. The van der Waals surface area contributed by atoms with Gasteiger partial charge in [-0.1, -0.05) is 44.2 Å². The molecule has 0 fully saturated rings. The van der Waals surface area contributed by atoms with Crippen molar-refractivity contribution >= 4 is 50.6 Å². The molecule has 2 amide bonds. The van der Waals surface area contributed by atoms with Gasteiger partial charge in [-0.15, -0.1) is 23.7 Å². The molecule has 0 saturated carbocycles. The smallest absolute Gasteiger partial charge is 0.256 e. The third-order valence-electron chi connectivity index (χ3n) is 6.32. The summed E-state index contributed by atoms with van der Waals surface area (Å²) in [5.74, 6) is -0.996. The molecule has 0 unspecified atom stereocenters. The molecule has 2 heterocycles. The van der Waals surface area contributed by atoms with Gasteiger partial charge in [0.05, 0.1) is 10.5 Å². The first-order chi connectivity index (χ1) is 17.2. The Bertz CT molecular complexity index is 1360. The molecule has 0 saturated heterocycles. The Hall–Kier alpha value is -2.76. The highest BCUT2D eigenvalue weighted by molar-refractivity contribution is 7.89. The average molecular weight is 563 g/mol. The van der Waals surface area contributed by atoms with Gasteiger partial charge in [-0.3, -0.25) is 14.5 Å². The fourth-order valence-corrected chi connectivity index (χ4v) is 7.20. The number of rotatable bonds is 9. The number of sulfonamides is 1. The minimum absolute atomic E-state index is 0.